The van der Waals surface area contributed by atoms with Crippen LogP contribution < -0.4 is 15.8 Å². The predicted octanol–water partition coefficient (Wildman–Crippen LogP) is 2.08. The predicted molar refractivity (Wildman–Crippen MR) is 65.0 cm³/mol. The molecule has 3 N–H and O–H groups in total. The molecule has 1 aromatic carbocycles. The molecule has 86 valence electrons. The number of para-hydroxylation sites is 1. The van der Waals surface area contributed by atoms with Crippen LogP contribution in [0.4, 0.5) is 5.69 Å². The van der Waals surface area contributed by atoms with E-state index in [9.17, 15) is 0 Å². The van der Waals surface area contributed by atoms with Crippen LogP contribution in [0, 0.1) is 0 Å². The Balaban J connectivity index is 2.02. The van der Waals surface area contributed by atoms with Crippen molar-refractivity contribution in [3.8, 4) is 5.75 Å². The molecule has 1 aliphatic carbocycles. The Labute approximate surface area is 96.0 Å². The summed E-state index contributed by atoms with van der Waals surface area (Å²) in [6.07, 6.45) is 3.61. The van der Waals surface area contributed by atoms with Gasteiger partial charge in [0, 0.05) is 18.0 Å². The molecule has 1 saturated carbocycles. The molecule has 16 heavy (non-hydrogen) atoms. The van der Waals surface area contributed by atoms with E-state index >= 15 is 0 Å². The molecule has 0 amide bonds. The largest absolute Gasteiger partial charge is 0.495 e. The highest BCUT2D eigenvalue weighted by molar-refractivity contribution is 5.68. The second-order valence-electron chi connectivity index (χ2n) is 4.80. The lowest BCUT2D eigenvalue weighted by molar-refractivity contribution is 0.372. The summed E-state index contributed by atoms with van der Waals surface area (Å²) in [6.45, 7) is 0. The lowest BCUT2D eigenvalue weighted by Crippen LogP contribution is -2.43. The molecule has 1 aromatic rings. The first-order valence-electron chi connectivity index (χ1n) is 6.00. The lowest BCUT2D eigenvalue weighted by Gasteiger charge is -2.31. The number of benzene rings is 1. The quantitative estimate of drug-likeness (QED) is 0.758. The number of hydrogen-bond donors (Lipinski definition) is 2. The minimum atomic E-state index is 0.274. The summed E-state index contributed by atoms with van der Waals surface area (Å²) >= 11 is 0. The fourth-order valence-electron chi connectivity index (χ4n) is 3.14. The van der Waals surface area contributed by atoms with Crippen LogP contribution in [0.15, 0.2) is 18.2 Å². The second kappa shape index (κ2) is 3.67. The number of methoxy groups -OCH3 is 1. The van der Waals surface area contributed by atoms with Crippen LogP contribution in [0.3, 0.4) is 0 Å². The number of nitrogens with two attached hydrogens (primary N) is 1. The zero-order valence-electron chi connectivity index (χ0n) is 9.57. The van der Waals surface area contributed by atoms with Gasteiger partial charge in [0.05, 0.1) is 12.8 Å². The maximum Gasteiger partial charge on any atom is 0.142 e. The molecule has 1 aliphatic heterocycles. The van der Waals surface area contributed by atoms with Gasteiger partial charge in [0.2, 0.25) is 0 Å². The number of ether oxygens (including phenoxy) is 1. The van der Waals surface area contributed by atoms with Crippen LogP contribution in [0.1, 0.15) is 30.7 Å². The molecule has 3 rings (SSSR count). The van der Waals surface area contributed by atoms with E-state index in [4.69, 9.17) is 10.5 Å². The van der Waals surface area contributed by atoms with Crippen LogP contribution in [-0.2, 0) is 0 Å². The van der Waals surface area contributed by atoms with Crippen LogP contribution in [0.2, 0.25) is 0 Å². The van der Waals surface area contributed by atoms with Crippen LogP contribution in [-0.4, -0.2) is 19.2 Å². The van der Waals surface area contributed by atoms with E-state index in [0.29, 0.717) is 12.0 Å². The first-order valence-corrected chi connectivity index (χ1v) is 6.00. The van der Waals surface area contributed by atoms with Gasteiger partial charge in [-0.25, -0.2) is 0 Å². The van der Waals surface area contributed by atoms with Crippen molar-refractivity contribution in [2.45, 2.75) is 37.3 Å². The molecule has 0 spiro atoms. The van der Waals surface area contributed by atoms with E-state index in [2.05, 4.69) is 17.4 Å². The minimum absolute atomic E-state index is 0.274. The van der Waals surface area contributed by atoms with Gasteiger partial charge in [0.1, 0.15) is 5.75 Å². The van der Waals surface area contributed by atoms with E-state index in [-0.39, 0.29) is 6.04 Å². The first kappa shape index (κ1) is 9.97. The summed E-state index contributed by atoms with van der Waals surface area (Å²) < 4.78 is 5.40. The Kier molecular flexibility index (Phi) is 2.28. The summed E-state index contributed by atoms with van der Waals surface area (Å²) in [5.74, 6) is 1.52. The minimum Gasteiger partial charge on any atom is -0.495 e. The summed E-state index contributed by atoms with van der Waals surface area (Å²) in [7, 11) is 1.72. The lowest BCUT2D eigenvalue weighted by atomic mass is 9.80. The smallest absolute Gasteiger partial charge is 0.142 e. The first-order chi connectivity index (χ1) is 7.81. The van der Waals surface area contributed by atoms with Gasteiger partial charge in [-0.05, 0) is 24.5 Å². The van der Waals surface area contributed by atoms with Gasteiger partial charge in [-0.15, -0.1) is 0 Å². The van der Waals surface area contributed by atoms with Gasteiger partial charge in [-0.1, -0.05) is 18.6 Å². The molecule has 3 atom stereocenters. The van der Waals surface area contributed by atoms with Crippen LogP contribution in [0.25, 0.3) is 0 Å². The number of hydrogen-bond acceptors (Lipinski definition) is 3. The maximum absolute atomic E-state index is 6.19. The van der Waals surface area contributed by atoms with E-state index in [1.807, 2.05) is 6.07 Å². The Hall–Kier alpha value is -1.22. The van der Waals surface area contributed by atoms with Crippen LogP contribution >= 0.6 is 0 Å². The Morgan fingerprint density at radius 1 is 1.38 bits per heavy atom. The SMILES string of the molecule is COc1cccc2c1N[C@H]1[C@@H](N)CCC[C@@H]21. The Bertz CT molecular complexity index is 405. The van der Waals surface area contributed by atoms with Gasteiger partial charge < -0.3 is 15.8 Å². The molecule has 0 unspecified atom stereocenters. The maximum atomic E-state index is 6.19. The fourth-order valence-corrected chi connectivity index (χ4v) is 3.14. The molecule has 3 heteroatoms. The Morgan fingerprint density at radius 2 is 2.25 bits per heavy atom. The zero-order chi connectivity index (χ0) is 11.1. The third-order valence-corrected chi connectivity index (χ3v) is 3.94. The summed E-state index contributed by atoms with van der Waals surface area (Å²) in [4.78, 5) is 0. The van der Waals surface area contributed by atoms with Crippen molar-refractivity contribution in [2.24, 2.45) is 5.73 Å². The number of nitrogens with one attached hydrogen (secondary N) is 1. The van der Waals surface area contributed by atoms with Gasteiger partial charge in [-0.2, -0.15) is 0 Å². The number of fused-ring (bicyclic) bond motifs is 3. The molecule has 3 nitrogen and oxygen atoms in total. The van der Waals surface area contributed by atoms with Gasteiger partial charge in [0.15, 0.2) is 0 Å². The van der Waals surface area contributed by atoms with E-state index in [1.54, 1.807) is 7.11 Å². The van der Waals surface area contributed by atoms with Crippen molar-refractivity contribution in [3.63, 3.8) is 0 Å². The molecular formula is C13H18N2O. The molecule has 1 fully saturated rings. The zero-order valence-corrected chi connectivity index (χ0v) is 9.57. The molecule has 0 aromatic heterocycles. The van der Waals surface area contributed by atoms with Crippen molar-refractivity contribution in [1.29, 1.82) is 0 Å². The summed E-state index contributed by atoms with van der Waals surface area (Å²) in [5.41, 5.74) is 8.74. The van der Waals surface area contributed by atoms with Crippen molar-refractivity contribution >= 4 is 5.69 Å². The van der Waals surface area contributed by atoms with Crippen molar-refractivity contribution in [1.82, 2.24) is 0 Å². The van der Waals surface area contributed by atoms with E-state index in [1.165, 1.54) is 18.4 Å². The molecule has 2 aliphatic rings. The van der Waals surface area contributed by atoms with Gasteiger partial charge in [0.25, 0.3) is 0 Å². The molecular weight excluding hydrogens is 200 g/mol. The van der Waals surface area contributed by atoms with Gasteiger partial charge >= 0.3 is 0 Å². The highest BCUT2D eigenvalue weighted by Gasteiger charge is 2.39. The Morgan fingerprint density at radius 3 is 3.06 bits per heavy atom. The highest BCUT2D eigenvalue weighted by Crippen LogP contribution is 2.46. The standard InChI is InChI=1S/C13H18N2O/c1-16-11-7-3-5-9-8-4-2-6-10(14)12(8)15-13(9)11/h3,5,7-8,10,12,15H,2,4,6,14H2,1H3/t8-,10-,12+/m0/s1. The monoisotopic (exact) mass is 218 g/mol. The third kappa shape index (κ3) is 1.31. The van der Waals surface area contributed by atoms with E-state index in [0.717, 1.165) is 17.9 Å². The van der Waals surface area contributed by atoms with Crippen molar-refractivity contribution in [3.05, 3.63) is 23.8 Å². The summed E-state index contributed by atoms with van der Waals surface area (Å²) in [5, 5.41) is 3.56. The molecule has 1 heterocycles. The molecule has 0 radical (unpaired) electrons. The molecule has 0 saturated heterocycles. The fraction of sp³-hybridized carbons (Fsp3) is 0.538. The molecule has 0 bridgehead atoms. The average molecular weight is 218 g/mol. The highest BCUT2D eigenvalue weighted by atomic mass is 16.5. The second-order valence-corrected chi connectivity index (χ2v) is 4.80. The summed E-state index contributed by atoms with van der Waals surface area (Å²) in [6, 6.07) is 6.96. The number of rotatable bonds is 1. The average Bonchev–Trinajstić information content (AvgIpc) is 2.69. The number of anilines is 1. The van der Waals surface area contributed by atoms with E-state index < -0.39 is 0 Å². The van der Waals surface area contributed by atoms with Gasteiger partial charge in [-0.3, -0.25) is 0 Å². The normalized spacial score (nSPS) is 31.5. The topological polar surface area (TPSA) is 47.3 Å². The third-order valence-electron chi connectivity index (χ3n) is 3.94. The van der Waals surface area contributed by atoms with Crippen molar-refractivity contribution < 1.29 is 4.74 Å². The van der Waals surface area contributed by atoms with Crippen molar-refractivity contribution in [2.75, 3.05) is 12.4 Å². The van der Waals surface area contributed by atoms with Crippen LogP contribution in [0.5, 0.6) is 5.75 Å².